The van der Waals surface area contributed by atoms with Crippen LogP contribution in [0.25, 0.3) is 0 Å². The molecule has 1 rings (SSSR count). The van der Waals surface area contributed by atoms with Crippen molar-refractivity contribution in [1.82, 2.24) is 9.88 Å². The summed E-state index contributed by atoms with van der Waals surface area (Å²) in [4.78, 5) is 17.8. The first-order valence-electron chi connectivity index (χ1n) is 5.93. The monoisotopic (exact) mass is 299 g/mol. The molecule has 0 atom stereocenters. The van der Waals surface area contributed by atoms with Crippen molar-refractivity contribution in [1.29, 1.82) is 5.26 Å². The van der Waals surface area contributed by atoms with Crippen LogP contribution < -0.4 is 0 Å². The molecule has 0 aliphatic rings. The highest BCUT2D eigenvalue weighted by Gasteiger charge is 2.18. The molecule has 6 heteroatoms. The molecule has 0 aliphatic carbocycles. The number of rotatable bonds is 5. The van der Waals surface area contributed by atoms with Crippen LogP contribution in [0, 0.1) is 17.2 Å². The maximum Gasteiger partial charge on any atom is 0.255 e. The van der Waals surface area contributed by atoms with E-state index in [1.807, 2.05) is 19.9 Å². The summed E-state index contributed by atoms with van der Waals surface area (Å²) in [6.45, 7) is 5.01. The highest BCUT2D eigenvalue weighted by molar-refractivity contribution is 6.41. The van der Waals surface area contributed by atoms with Gasteiger partial charge in [0.25, 0.3) is 5.91 Å². The molecule has 0 bridgehead atoms. The fourth-order valence-corrected chi connectivity index (χ4v) is 1.89. The standard InChI is InChI=1S/C13H15Cl2N3O/c1-9(2)8-18(5-3-4-16)13(19)10-6-11(14)12(15)17-7-10/h6-7,9H,3,5,8H2,1-2H3. The van der Waals surface area contributed by atoms with E-state index < -0.39 is 0 Å². The summed E-state index contributed by atoms with van der Waals surface area (Å²) in [5.74, 6) is 0.133. The van der Waals surface area contributed by atoms with Gasteiger partial charge in [0, 0.05) is 19.3 Å². The van der Waals surface area contributed by atoms with Crippen molar-refractivity contribution < 1.29 is 4.79 Å². The molecule has 1 aromatic rings. The van der Waals surface area contributed by atoms with E-state index in [1.54, 1.807) is 4.90 Å². The van der Waals surface area contributed by atoms with Gasteiger partial charge < -0.3 is 4.90 Å². The predicted molar refractivity (Wildman–Crippen MR) is 75.2 cm³/mol. The van der Waals surface area contributed by atoms with Crippen molar-refractivity contribution in [2.75, 3.05) is 13.1 Å². The smallest absolute Gasteiger partial charge is 0.255 e. The number of halogens is 2. The molecular weight excluding hydrogens is 285 g/mol. The quantitative estimate of drug-likeness (QED) is 0.783. The van der Waals surface area contributed by atoms with Crippen LogP contribution in [0.1, 0.15) is 30.6 Å². The van der Waals surface area contributed by atoms with Crippen molar-refractivity contribution in [3.8, 4) is 6.07 Å². The van der Waals surface area contributed by atoms with Gasteiger partial charge in [0.15, 0.2) is 0 Å². The van der Waals surface area contributed by atoms with Crippen molar-refractivity contribution in [2.24, 2.45) is 5.92 Å². The van der Waals surface area contributed by atoms with Gasteiger partial charge in [-0.3, -0.25) is 4.79 Å². The maximum absolute atomic E-state index is 12.3. The summed E-state index contributed by atoms with van der Waals surface area (Å²) in [6.07, 6.45) is 1.70. The van der Waals surface area contributed by atoms with Gasteiger partial charge in [-0.2, -0.15) is 5.26 Å². The van der Waals surface area contributed by atoms with Crippen molar-refractivity contribution >= 4 is 29.1 Å². The largest absolute Gasteiger partial charge is 0.337 e. The van der Waals surface area contributed by atoms with E-state index in [1.165, 1.54) is 12.3 Å². The molecule has 4 nitrogen and oxygen atoms in total. The summed E-state index contributed by atoms with van der Waals surface area (Å²) in [5.41, 5.74) is 0.382. The van der Waals surface area contributed by atoms with E-state index in [0.717, 1.165) is 0 Å². The van der Waals surface area contributed by atoms with Crippen molar-refractivity contribution in [2.45, 2.75) is 20.3 Å². The van der Waals surface area contributed by atoms with Gasteiger partial charge >= 0.3 is 0 Å². The zero-order chi connectivity index (χ0) is 14.4. The summed E-state index contributed by atoms with van der Waals surface area (Å²) >= 11 is 11.6. The third kappa shape index (κ3) is 4.70. The number of aromatic nitrogens is 1. The lowest BCUT2D eigenvalue weighted by Crippen LogP contribution is -2.35. The second-order valence-corrected chi connectivity index (χ2v) is 5.31. The number of nitrogens with zero attached hydrogens (tertiary/aromatic N) is 3. The highest BCUT2D eigenvalue weighted by Crippen LogP contribution is 2.20. The van der Waals surface area contributed by atoms with Crippen molar-refractivity contribution in [3.63, 3.8) is 0 Å². The summed E-state index contributed by atoms with van der Waals surface area (Å²) in [6, 6.07) is 3.54. The number of hydrogen-bond acceptors (Lipinski definition) is 3. The Labute approximate surface area is 122 Å². The minimum Gasteiger partial charge on any atom is -0.337 e. The molecule has 19 heavy (non-hydrogen) atoms. The zero-order valence-electron chi connectivity index (χ0n) is 10.9. The van der Waals surface area contributed by atoms with Gasteiger partial charge in [-0.15, -0.1) is 0 Å². The van der Waals surface area contributed by atoms with Gasteiger partial charge in [0.05, 0.1) is 23.1 Å². The van der Waals surface area contributed by atoms with E-state index in [0.29, 0.717) is 31.0 Å². The van der Waals surface area contributed by atoms with Gasteiger partial charge in [-0.05, 0) is 12.0 Å². The van der Waals surface area contributed by atoms with Gasteiger partial charge in [0.2, 0.25) is 0 Å². The number of amides is 1. The SMILES string of the molecule is CC(C)CN(CCC#N)C(=O)c1cnc(Cl)c(Cl)c1. The Morgan fingerprint density at radius 3 is 2.74 bits per heavy atom. The molecule has 102 valence electrons. The Balaban J connectivity index is 2.91. The van der Waals surface area contributed by atoms with Gasteiger partial charge in [-0.25, -0.2) is 4.98 Å². The average molecular weight is 300 g/mol. The Hall–Kier alpha value is -1.31. The Bertz CT molecular complexity index is 497. The molecule has 0 saturated heterocycles. The normalized spacial score (nSPS) is 10.3. The molecule has 1 aromatic heterocycles. The highest BCUT2D eigenvalue weighted by atomic mass is 35.5. The first-order valence-corrected chi connectivity index (χ1v) is 6.68. The van der Waals surface area contributed by atoms with Crippen LogP contribution in [-0.2, 0) is 0 Å². The van der Waals surface area contributed by atoms with E-state index in [4.69, 9.17) is 28.5 Å². The van der Waals surface area contributed by atoms with Crippen LogP contribution in [0.5, 0.6) is 0 Å². The summed E-state index contributed by atoms with van der Waals surface area (Å²) < 4.78 is 0. The number of carbonyl (C=O) groups is 1. The van der Waals surface area contributed by atoms with E-state index in [2.05, 4.69) is 4.98 Å². The summed E-state index contributed by atoms with van der Waals surface area (Å²) in [5, 5.41) is 9.06. The Morgan fingerprint density at radius 1 is 1.53 bits per heavy atom. The Kier molecular flexibility index (Phi) is 6.07. The van der Waals surface area contributed by atoms with E-state index in [-0.39, 0.29) is 16.1 Å². The lowest BCUT2D eigenvalue weighted by atomic mass is 10.1. The minimum atomic E-state index is -0.185. The molecule has 0 N–H and O–H groups in total. The van der Waals surface area contributed by atoms with Gasteiger partial charge in [-0.1, -0.05) is 37.0 Å². The topological polar surface area (TPSA) is 57.0 Å². The van der Waals surface area contributed by atoms with Crippen molar-refractivity contribution in [3.05, 3.63) is 28.0 Å². The predicted octanol–water partition coefficient (Wildman–Crippen LogP) is 3.40. The fourth-order valence-electron chi connectivity index (χ4n) is 1.62. The van der Waals surface area contributed by atoms with Crippen LogP contribution in [0.2, 0.25) is 10.2 Å². The average Bonchev–Trinajstić information content (AvgIpc) is 2.36. The fraction of sp³-hybridized carbons (Fsp3) is 0.462. The second kappa shape index (κ2) is 7.32. The molecule has 1 amide bonds. The lowest BCUT2D eigenvalue weighted by Gasteiger charge is -2.23. The molecule has 1 heterocycles. The molecule has 0 aromatic carbocycles. The maximum atomic E-state index is 12.3. The zero-order valence-corrected chi connectivity index (χ0v) is 12.4. The number of nitriles is 1. The van der Waals surface area contributed by atoms with Crippen LogP contribution >= 0.6 is 23.2 Å². The second-order valence-electron chi connectivity index (χ2n) is 4.55. The molecule has 0 aliphatic heterocycles. The number of pyridine rings is 1. The molecule has 0 unspecified atom stereocenters. The number of hydrogen-bond donors (Lipinski definition) is 0. The lowest BCUT2D eigenvalue weighted by molar-refractivity contribution is 0.0739. The third-order valence-electron chi connectivity index (χ3n) is 2.41. The molecular formula is C13H15Cl2N3O. The van der Waals surface area contributed by atoms with Crippen LogP contribution in [0.15, 0.2) is 12.3 Å². The molecule has 0 saturated carbocycles. The summed E-state index contributed by atoms with van der Waals surface area (Å²) in [7, 11) is 0. The van der Waals surface area contributed by atoms with Crippen LogP contribution in [0.3, 0.4) is 0 Å². The number of carbonyl (C=O) groups excluding carboxylic acids is 1. The Morgan fingerprint density at radius 2 is 2.21 bits per heavy atom. The molecule has 0 spiro atoms. The third-order valence-corrected chi connectivity index (χ3v) is 3.10. The molecule has 0 radical (unpaired) electrons. The first-order chi connectivity index (χ1) is 8.95. The first kappa shape index (κ1) is 15.7. The molecule has 0 fully saturated rings. The van der Waals surface area contributed by atoms with Crippen LogP contribution in [0.4, 0.5) is 0 Å². The van der Waals surface area contributed by atoms with E-state index in [9.17, 15) is 4.79 Å². The minimum absolute atomic E-state index is 0.172. The van der Waals surface area contributed by atoms with Crippen LogP contribution in [-0.4, -0.2) is 28.9 Å². The van der Waals surface area contributed by atoms with E-state index >= 15 is 0 Å². The van der Waals surface area contributed by atoms with Gasteiger partial charge in [0.1, 0.15) is 5.15 Å².